The van der Waals surface area contributed by atoms with Gasteiger partial charge in [0, 0.05) is 30.9 Å². The Labute approximate surface area is 243 Å². The minimum absolute atomic E-state index is 0.0533. The first-order valence-corrected chi connectivity index (χ1v) is 15.3. The van der Waals surface area contributed by atoms with E-state index in [4.69, 9.17) is 4.98 Å². The fourth-order valence-electron chi connectivity index (χ4n) is 5.86. The van der Waals surface area contributed by atoms with E-state index < -0.39 is 0 Å². The summed E-state index contributed by atoms with van der Waals surface area (Å²) in [5, 5.41) is 6.33. The highest BCUT2D eigenvalue weighted by atomic mass is 16.2. The Hall–Kier alpha value is -3.94. The monoisotopic (exact) mass is 554 g/mol. The lowest BCUT2D eigenvalue weighted by Gasteiger charge is -2.31. The van der Waals surface area contributed by atoms with E-state index in [-0.39, 0.29) is 17.9 Å². The molecule has 1 aliphatic carbocycles. The highest BCUT2D eigenvalue weighted by molar-refractivity contribution is 6.13. The van der Waals surface area contributed by atoms with E-state index in [0.717, 1.165) is 55.7 Å². The van der Waals surface area contributed by atoms with Crippen LogP contribution < -0.4 is 20.4 Å². The summed E-state index contributed by atoms with van der Waals surface area (Å²) in [5.74, 6) is 1.06. The van der Waals surface area contributed by atoms with E-state index in [0.29, 0.717) is 29.3 Å². The molecular formula is C33H42N6O2. The molecule has 3 aromatic rings. The molecular weight excluding hydrogens is 512 g/mol. The van der Waals surface area contributed by atoms with E-state index in [1.807, 2.05) is 48.5 Å². The first-order chi connectivity index (χ1) is 20.1. The molecule has 0 unspecified atom stereocenters. The second kappa shape index (κ2) is 13.6. The Balaban J connectivity index is 1.27. The van der Waals surface area contributed by atoms with Crippen molar-refractivity contribution in [2.45, 2.75) is 83.6 Å². The molecule has 8 nitrogen and oxygen atoms in total. The maximum Gasteiger partial charge on any atom is 0.260 e. The number of benzene rings is 2. The van der Waals surface area contributed by atoms with Crippen molar-refractivity contribution < 1.29 is 9.59 Å². The van der Waals surface area contributed by atoms with E-state index in [1.54, 1.807) is 18.1 Å². The third kappa shape index (κ3) is 6.69. The van der Waals surface area contributed by atoms with Crippen LogP contribution >= 0.6 is 0 Å². The molecule has 2 N–H and O–H groups in total. The molecule has 0 radical (unpaired) electrons. The average molecular weight is 555 g/mol. The molecule has 0 atom stereocenters. The van der Waals surface area contributed by atoms with Crippen LogP contribution in [0.1, 0.15) is 98.3 Å². The summed E-state index contributed by atoms with van der Waals surface area (Å²) in [6.07, 6.45) is 14.7. The molecule has 41 heavy (non-hydrogen) atoms. The second-order valence-corrected chi connectivity index (χ2v) is 11.2. The van der Waals surface area contributed by atoms with Crippen molar-refractivity contribution in [3.05, 3.63) is 65.9 Å². The van der Waals surface area contributed by atoms with Gasteiger partial charge in [-0.3, -0.25) is 9.59 Å². The zero-order chi connectivity index (χ0) is 28.6. The second-order valence-electron chi connectivity index (χ2n) is 11.2. The summed E-state index contributed by atoms with van der Waals surface area (Å²) in [6, 6.07) is 15.4. The maximum absolute atomic E-state index is 13.4. The first kappa shape index (κ1) is 28.6. The molecule has 0 saturated heterocycles. The highest BCUT2D eigenvalue weighted by Crippen LogP contribution is 2.43. The normalized spacial score (nSPS) is 14.9. The van der Waals surface area contributed by atoms with Gasteiger partial charge in [-0.1, -0.05) is 70.4 Å². The lowest BCUT2D eigenvalue weighted by molar-refractivity contribution is 0.0951. The molecule has 1 fully saturated rings. The molecule has 216 valence electrons. The van der Waals surface area contributed by atoms with E-state index in [9.17, 15) is 9.59 Å². The highest BCUT2D eigenvalue weighted by Gasteiger charge is 2.35. The van der Waals surface area contributed by atoms with Crippen LogP contribution in [0.3, 0.4) is 0 Å². The quantitative estimate of drug-likeness (QED) is 0.227. The number of unbranched alkanes of at least 4 members (excludes halogenated alkanes) is 6. The number of anilines is 5. The minimum Gasteiger partial charge on any atom is -0.352 e. The number of rotatable bonds is 12. The molecule has 2 heterocycles. The molecule has 0 spiro atoms. The number of amides is 2. The van der Waals surface area contributed by atoms with Crippen LogP contribution in [0, 0.1) is 0 Å². The van der Waals surface area contributed by atoms with Crippen LogP contribution in [0.5, 0.6) is 0 Å². The number of carbonyl (C=O) groups excluding carboxylic acids is 2. The smallest absolute Gasteiger partial charge is 0.260 e. The summed E-state index contributed by atoms with van der Waals surface area (Å²) in [5.41, 5.74) is 3.68. The Morgan fingerprint density at radius 3 is 2.39 bits per heavy atom. The Morgan fingerprint density at radius 1 is 0.927 bits per heavy atom. The van der Waals surface area contributed by atoms with Gasteiger partial charge in [-0.25, -0.2) is 4.98 Å². The molecule has 2 aliphatic rings. The van der Waals surface area contributed by atoms with Crippen molar-refractivity contribution in [1.82, 2.24) is 15.3 Å². The molecule has 0 bridgehead atoms. The van der Waals surface area contributed by atoms with Gasteiger partial charge in [-0.2, -0.15) is 4.98 Å². The molecule has 1 aromatic heterocycles. The predicted octanol–water partition coefficient (Wildman–Crippen LogP) is 7.37. The zero-order valence-electron chi connectivity index (χ0n) is 24.4. The molecule has 2 aromatic carbocycles. The number of aromatic nitrogens is 2. The summed E-state index contributed by atoms with van der Waals surface area (Å²) in [7, 11) is 1.78. The van der Waals surface area contributed by atoms with Gasteiger partial charge in [0.2, 0.25) is 5.95 Å². The fourth-order valence-corrected chi connectivity index (χ4v) is 5.86. The molecule has 1 aliphatic heterocycles. The van der Waals surface area contributed by atoms with Crippen LogP contribution in [0.15, 0.2) is 54.7 Å². The average Bonchev–Trinajstić information content (AvgIpc) is 3.50. The van der Waals surface area contributed by atoms with E-state index >= 15 is 0 Å². The topological polar surface area (TPSA) is 90.5 Å². The molecule has 5 rings (SSSR count). The summed E-state index contributed by atoms with van der Waals surface area (Å²) >= 11 is 0. The zero-order valence-corrected chi connectivity index (χ0v) is 24.4. The summed E-state index contributed by atoms with van der Waals surface area (Å²) in [4.78, 5) is 39.4. The lowest BCUT2D eigenvalue weighted by Crippen LogP contribution is -2.30. The minimum atomic E-state index is -0.0625. The van der Waals surface area contributed by atoms with Crippen molar-refractivity contribution in [2.75, 3.05) is 28.7 Å². The van der Waals surface area contributed by atoms with Crippen LogP contribution in [0.2, 0.25) is 0 Å². The van der Waals surface area contributed by atoms with Gasteiger partial charge in [-0.15, -0.1) is 0 Å². The number of nitrogens with one attached hydrogen (secondary N) is 2. The number of nitrogens with zero attached hydrogens (tertiary/aromatic N) is 4. The van der Waals surface area contributed by atoms with Crippen LogP contribution in [0.25, 0.3) is 0 Å². The third-order valence-corrected chi connectivity index (χ3v) is 8.20. The van der Waals surface area contributed by atoms with Gasteiger partial charge in [0.25, 0.3) is 11.8 Å². The maximum atomic E-state index is 13.4. The van der Waals surface area contributed by atoms with Gasteiger partial charge in [0.05, 0.1) is 17.4 Å². The van der Waals surface area contributed by atoms with Crippen molar-refractivity contribution in [1.29, 1.82) is 0 Å². The Bertz CT molecular complexity index is 1340. The van der Waals surface area contributed by atoms with Crippen molar-refractivity contribution in [3.63, 3.8) is 0 Å². The molecule has 1 saturated carbocycles. The predicted molar refractivity (Wildman–Crippen MR) is 166 cm³/mol. The third-order valence-electron chi connectivity index (χ3n) is 8.20. The van der Waals surface area contributed by atoms with Gasteiger partial charge < -0.3 is 20.4 Å². The molecule has 8 heteroatoms. The Morgan fingerprint density at radius 2 is 1.63 bits per heavy atom. The van der Waals surface area contributed by atoms with E-state index in [2.05, 4.69) is 27.4 Å². The van der Waals surface area contributed by atoms with Crippen LogP contribution in [-0.4, -0.2) is 41.4 Å². The Kier molecular flexibility index (Phi) is 9.49. The number of hydrogen-bond donors (Lipinski definition) is 2. The van der Waals surface area contributed by atoms with Gasteiger partial charge in [0.15, 0.2) is 5.82 Å². The number of carbonyl (C=O) groups is 2. The SMILES string of the molecule is CCCCCCCCCNC(=O)c1ccc(Nc2ncc3c(n2)N(C2CCCC2)c2ccccc2C(=O)N3C)cc1. The lowest BCUT2D eigenvalue weighted by atomic mass is 10.1. The van der Waals surface area contributed by atoms with Crippen LogP contribution in [0.4, 0.5) is 28.8 Å². The van der Waals surface area contributed by atoms with Crippen molar-refractivity contribution in [2.24, 2.45) is 0 Å². The van der Waals surface area contributed by atoms with Crippen molar-refractivity contribution in [3.8, 4) is 0 Å². The van der Waals surface area contributed by atoms with Gasteiger partial charge in [-0.05, 0) is 55.7 Å². The standard InChI is InChI=1S/C33H42N6O2/c1-3-4-5-6-7-8-13-22-34-31(40)24-18-20-25(21-19-24)36-33-35-23-29-30(37-33)39(26-14-9-10-15-26)28-17-12-11-16-27(28)32(41)38(29)2/h11-12,16-21,23,26H,3-10,13-15,22H2,1-2H3,(H,34,40)(H,35,36,37). The largest absolute Gasteiger partial charge is 0.352 e. The van der Waals surface area contributed by atoms with Gasteiger partial charge in [0.1, 0.15) is 5.69 Å². The number of para-hydroxylation sites is 1. The number of hydrogen-bond acceptors (Lipinski definition) is 6. The summed E-state index contributed by atoms with van der Waals surface area (Å²) in [6.45, 7) is 2.93. The van der Waals surface area contributed by atoms with Crippen LogP contribution in [-0.2, 0) is 0 Å². The number of fused-ring (bicyclic) bond motifs is 2. The first-order valence-electron chi connectivity index (χ1n) is 15.3. The van der Waals surface area contributed by atoms with Crippen molar-refractivity contribution >= 4 is 40.6 Å². The van der Waals surface area contributed by atoms with E-state index in [1.165, 1.54) is 32.1 Å². The summed E-state index contributed by atoms with van der Waals surface area (Å²) < 4.78 is 0. The van der Waals surface area contributed by atoms with Gasteiger partial charge >= 0.3 is 0 Å². The molecule has 2 amide bonds. The fraction of sp³-hybridized carbons (Fsp3) is 0.455.